The van der Waals surface area contributed by atoms with Crippen molar-refractivity contribution in [2.75, 3.05) is 29.1 Å². The number of ether oxygens (including phenoxy) is 2. The van der Waals surface area contributed by atoms with Crippen molar-refractivity contribution >= 4 is 23.0 Å². The van der Waals surface area contributed by atoms with Crippen molar-refractivity contribution in [3.63, 3.8) is 0 Å². The van der Waals surface area contributed by atoms with Crippen molar-refractivity contribution in [2.24, 2.45) is 0 Å². The minimum absolute atomic E-state index is 0.0322. The van der Waals surface area contributed by atoms with Gasteiger partial charge in [0.2, 0.25) is 5.91 Å². The van der Waals surface area contributed by atoms with Crippen molar-refractivity contribution < 1.29 is 14.3 Å². The van der Waals surface area contributed by atoms with Crippen molar-refractivity contribution in [3.05, 3.63) is 42.5 Å². The van der Waals surface area contributed by atoms with Crippen LogP contribution in [0.25, 0.3) is 0 Å². The van der Waals surface area contributed by atoms with Crippen LogP contribution in [0.5, 0.6) is 11.5 Å². The van der Waals surface area contributed by atoms with E-state index in [1.165, 1.54) is 0 Å². The van der Waals surface area contributed by atoms with Gasteiger partial charge in [-0.1, -0.05) is 12.1 Å². The molecule has 138 valence electrons. The maximum absolute atomic E-state index is 12.9. The van der Waals surface area contributed by atoms with Crippen molar-refractivity contribution in [1.82, 2.24) is 0 Å². The molecule has 26 heavy (non-hydrogen) atoms. The zero-order valence-electron chi connectivity index (χ0n) is 15.4. The maximum atomic E-state index is 12.9. The molecule has 0 spiro atoms. The molecule has 0 aliphatic carbocycles. The van der Waals surface area contributed by atoms with Crippen molar-refractivity contribution in [2.45, 2.75) is 32.9 Å². The number of carbonyl (C=O) groups excluding carboxylic acids is 1. The second kappa shape index (κ2) is 7.56. The number of nitrogen functional groups attached to an aromatic ring is 1. The molecule has 0 bridgehead atoms. The molecule has 0 saturated heterocycles. The lowest BCUT2D eigenvalue weighted by Gasteiger charge is -2.38. The first-order chi connectivity index (χ1) is 12.5. The van der Waals surface area contributed by atoms with Crippen LogP contribution in [0.15, 0.2) is 42.5 Å². The molecule has 0 aromatic heterocycles. The predicted molar refractivity (Wildman–Crippen MR) is 104 cm³/mol. The Labute approximate surface area is 153 Å². The molecule has 0 saturated carbocycles. The number of hydrogen-bond donors (Lipinski definition) is 2. The summed E-state index contributed by atoms with van der Waals surface area (Å²) >= 11 is 0. The zero-order chi connectivity index (χ0) is 18.7. The normalized spacial score (nSPS) is 17.0. The van der Waals surface area contributed by atoms with Gasteiger partial charge in [0.1, 0.15) is 23.6 Å². The van der Waals surface area contributed by atoms with Gasteiger partial charge >= 0.3 is 0 Å². The van der Waals surface area contributed by atoms with Gasteiger partial charge in [0.25, 0.3) is 0 Å². The molecule has 3 N–H and O–H groups in total. The molecule has 1 amide bonds. The van der Waals surface area contributed by atoms with E-state index in [9.17, 15) is 4.79 Å². The van der Waals surface area contributed by atoms with E-state index in [0.717, 1.165) is 5.69 Å². The highest BCUT2D eigenvalue weighted by Crippen LogP contribution is 2.36. The molecule has 1 aliphatic heterocycles. The summed E-state index contributed by atoms with van der Waals surface area (Å²) in [4.78, 5) is 14.9. The van der Waals surface area contributed by atoms with Crippen LogP contribution < -0.4 is 25.4 Å². The molecule has 1 heterocycles. The smallest absolute Gasteiger partial charge is 0.246 e. The highest BCUT2D eigenvalue weighted by molar-refractivity contribution is 5.98. The first-order valence-corrected chi connectivity index (χ1v) is 8.85. The Morgan fingerprint density at radius 3 is 2.92 bits per heavy atom. The molecule has 2 unspecified atom stereocenters. The third-order valence-corrected chi connectivity index (χ3v) is 4.37. The standard InChI is InChI=1S/C20H25N3O3/c1-4-25-18-8-6-5-7-16(18)22-20(24)14(3)23-12-13(2)26-19-11-15(21)9-10-17(19)23/h5-11,13-14H,4,12,21H2,1-3H3,(H,22,24). The van der Waals surface area contributed by atoms with Gasteiger partial charge in [0, 0.05) is 11.8 Å². The molecule has 0 radical (unpaired) electrons. The summed E-state index contributed by atoms with van der Waals surface area (Å²) in [5.41, 5.74) is 8.05. The minimum Gasteiger partial charge on any atom is -0.492 e. The van der Waals surface area contributed by atoms with Crippen molar-refractivity contribution in [1.29, 1.82) is 0 Å². The third kappa shape index (κ3) is 3.69. The van der Waals surface area contributed by atoms with Crippen molar-refractivity contribution in [3.8, 4) is 11.5 Å². The van der Waals surface area contributed by atoms with Gasteiger partial charge in [-0.3, -0.25) is 4.79 Å². The summed E-state index contributed by atoms with van der Waals surface area (Å²) in [6.07, 6.45) is -0.0322. The highest BCUT2D eigenvalue weighted by Gasteiger charge is 2.30. The van der Waals surface area contributed by atoms with Gasteiger partial charge in [0.15, 0.2) is 0 Å². The largest absolute Gasteiger partial charge is 0.492 e. The topological polar surface area (TPSA) is 76.8 Å². The predicted octanol–water partition coefficient (Wildman–Crippen LogP) is 3.28. The number of nitrogens with one attached hydrogen (secondary N) is 1. The fraction of sp³-hybridized carbons (Fsp3) is 0.350. The number of amides is 1. The molecule has 6 nitrogen and oxygen atoms in total. The lowest BCUT2D eigenvalue weighted by atomic mass is 10.1. The van der Waals surface area contributed by atoms with Gasteiger partial charge in [-0.2, -0.15) is 0 Å². The Hall–Kier alpha value is -2.89. The number of rotatable bonds is 5. The van der Waals surface area contributed by atoms with E-state index in [1.807, 2.05) is 62.1 Å². The Balaban J connectivity index is 1.81. The number of nitrogens with zero attached hydrogens (tertiary/aromatic N) is 1. The number of para-hydroxylation sites is 2. The van der Waals surface area contributed by atoms with Gasteiger partial charge in [-0.25, -0.2) is 0 Å². The maximum Gasteiger partial charge on any atom is 0.246 e. The molecule has 1 aliphatic rings. The van der Waals surface area contributed by atoms with Crippen LogP contribution >= 0.6 is 0 Å². The summed E-state index contributed by atoms with van der Waals surface area (Å²) < 4.78 is 11.5. The SMILES string of the molecule is CCOc1ccccc1NC(=O)C(C)N1CC(C)Oc2cc(N)ccc21. The summed E-state index contributed by atoms with van der Waals surface area (Å²) in [6.45, 7) is 6.95. The fourth-order valence-corrected chi connectivity index (χ4v) is 3.09. The highest BCUT2D eigenvalue weighted by atomic mass is 16.5. The summed E-state index contributed by atoms with van der Waals surface area (Å²) in [6, 6.07) is 12.6. The summed E-state index contributed by atoms with van der Waals surface area (Å²) in [5.74, 6) is 1.27. The fourth-order valence-electron chi connectivity index (χ4n) is 3.09. The second-order valence-electron chi connectivity index (χ2n) is 6.40. The molecule has 2 aromatic carbocycles. The van der Waals surface area contributed by atoms with E-state index in [-0.39, 0.29) is 18.1 Å². The number of benzene rings is 2. The number of carbonyl (C=O) groups is 1. The monoisotopic (exact) mass is 355 g/mol. The number of fused-ring (bicyclic) bond motifs is 1. The van der Waals surface area contributed by atoms with Crippen LogP contribution in [-0.4, -0.2) is 31.2 Å². The summed E-state index contributed by atoms with van der Waals surface area (Å²) in [5, 5.41) is 2.98. The molecular weight excluding hydrogens is 330 g/mol. The summed E-state index contributed by atoms with van der Waals surface area (Å²) in [7, 11) is 0. The van der Waals surface area contributed by atoms with Gasteiger partial charge in [-0.05, 0) is 45.0 Å². The van der Waals surface area contributed by atoms with Crippen LogP contribution in [0.2, 0.25) is 0 Å². The number of nitrogens with two attached hydrogens (primary N) is 1. The Bertz CT molecular complexity index is 794. The molecule has 3 rings (SSSR count). The Kier molecular flexibility index (Phi) is 5.21. The molecule has 2 aromatic rings. The second-order valence-corrected chi connectivity index (χ2v) is 6.40. The van der Waals surface area contributed by atoms with Gasteiger partial charge < -0.3 is 25.4 Å². The zero-order valence-corrected chi connectivity index (χ0v) is 15.4. The molecule has 2 atom stereocenters. The Morgan fingerprint density at radius 1 is 1.38 bits per heavy atom. The molecular formula is C20H25N3O3. The van der Waals surface area contributed by atoms with E-state index < -0.39 is 0 Å². The first kappa shape index (κ1) is 17.9. The number of anilines is 3. The minimum atomic E-state index is -0.376. The van der Waals surface area contributed by atoms with Crippen LogP contribution in [-0.2, 0) is 4.79 Å². The van der Waals surface area contributed by atoms with Gasteiger partial charge in [-0.15, -0.1) is 0 Å². The van der Waals surface area contributed by atoms with Crippen LogP contribution in [0.4, 0.5) is 17.1 Å². The lowest BCUT2D eigenvalue weighted by Crippen LogP contribution is -2.48. The van der Waals surface area contributed by atoms with Crippen LogP contribution in [0, 0.1) is 0 Å². The molecule has 6 heteroatoms. The Morgan fingerprint density at radius 2 is 2.15 bits per heavy atom. The van der Waals surface area contributed by atoms with E-state index >= 15 is 0 Å². The third-order valence-electron chi connectivity index (χ3n) is 4.37. The average Bonchev–Trinajstić information content (AvgIpc) is 2.61. The quantitative estimate of drug-likeness (QED) is 0.805. The lowest BCUT2D eigenvalue weighted by molar-refractivity contribution is -0.117. The molecule has 0 fully saturated rings. The first-order valence-electron chi connectivity index (χ1n) is 8.85. The van der Waals surface area contributed by atoms with Crippen LogP contribution in [0.3, 0.4) is 0 Å². The van der Waals surface area contributed by atoms with E-state index in [1.54, 1.807) is 6.07 Å². The van der Waals surface area contributed by atoms with E-state index in [4.69, 9.17) is 15.2 Å². The van der Waals surface area contributed by atoms with Crippen LogP contribution in [0.1, 0.15) is 20.8 Å². The van der Waals surface area contributed by atoms with E-state index in [2.05, 4.69) is 5.32 Å². The van der Waals surface area contributed by atoms with Gasteiger partial charge in [0.05, 0.1) is 24.5 Å². The van der Waals surface area contributed by atoms with E-state index in [0.29, 0.717) is 36.0 Å². The number of hydrogen-bond acceptors (Lipinski definition) is 5. The average molecular weight is 355 g/mol.